The topological polar surface area (TPSA) is 84.0 Å². The van der Waals surface area contributed by atoms with Crippen molar-refractivity contribution in [2.45, 2.75) is 11.8 Å². The van der Waals surface area contributed by atoms with Gasteiger partial charge in [0.15, 0.2) is 11.6 Å². The maximum Gasteiger partial charge on any atom is 0.263 e. The molecule has 6 nitrogen and oxygen atoms in total. The molecule has 0 aliphatic heterocycles. The van der Waals surface area contributed by atoms with Gasteiger partial charge in [-0.15, -0.1) is 10.2 Å². The second kappa shape index (κ2) is 7.08. The third kappa shape index (κ3) is 4.26. The number of benzene rings is 2. The Morgan fingerprint density at radius 2 is 1.60 bits per heavy atom. The molecule has 0 radical (unpaired) electrons. The van der Waals surface area contributed by atoms with Gasteiger partial charge in [-0.1, -0.05) is 35.9 Å². The fraction of sp³-hybridized carbons (Fsp3) is 0.0588. The number of aryl methyl sites for hydroxylation is 1. The minimum atomic E-state index is -3.69. The Morgan fingerprint density at radius 1 is 0.920 bits per heavy atom. The van der Waals surface area contributed by atoms with Gasteiger partial charge >= 0.3 is 0 Å². The molecule has 3 rings (SSSR count). The van der Waals surface area contributed by atoms with Crippen LogP contribution in [0.1, 0.15) is 5.56 Å². The lowest BCUT2D eigenvalue weighted by atomic mass is 10.2. The molecule has 2 aromatic carbocycles. The molecule has 0 saturated carbocycles. The molecule has 3 aromatic rings. The highest BCUT2D eigenvalue weighted by molar-refractivity contribution is 7.92. The number of hydrogen-bond acceptors (Lipinski definition) is 5. The van der Waals surface area contributed by atoms with Crippen molar-refractivity contribution in [1.82, 2.24) is 10.2 Å². The number of nitrogens with zero attached hydrogens (tertiary/aromatic N) is 2. The van der Waals surface area contributed by atoms with E-state index in [0.29, 0.717) is 10.8 Å². The average Bonchev–Trinajstić information content (AvgIpc) is 2.60. The van der Waals surface area contributed by atoms with Crippen LogP contribution in [0.2, 0.25) is 5.02 Å². The number of aromatic nitrogens is 2. The van der Waals surface area contributed by atoms with Gasteiger partial charge in [-0.05, 0) is 48.9 Å². The normalized spacial score (nSPS) is 11.1. The number of anilines is 3. The molecule has 0 amide bonds. The molecule has 1 aromatic heterocycles. The van der Waals surface area contributed by atoms with Crippen LogP contribution in [0.15, 0.2) is 65.6 Å². The van der Waals surface area contributed by atoms with Crippen LogP contribution in [0.4, 0.5) is 17.3 Å². The van der Waals surface area contributed by atoms with Crippen LogP contribution in [0.5, 0.6) is 0 Å². The molecule has 0 unspecified atom stereocenters. The smallest absolute Gasteiger partial charge is 0.263 e. The summed E-state index contributed by atoms with van der Waals surface area (Å²) < 4.78 is 26.9. The van der Waals surface area contributed by atoms with Crippen LogP contribution < -0.4 is 10.0 Å². The summed E-state index contributed by atoms with van der Waals surface area (Å²) in [7, 11) is -3.69. The summed E-state index contributed by atoms with van der Waals surface area (Å²) in [6.07, 6.45) is 0. The number of nitrogens with one attached hydrogen (secondary N) is 2. The average molecular weight is 375 g/mol. The molecular weight excluding hydrogens is 360 g/mol. The summed E-state index contributed by atoms with van der Waals surface area (Å²) in [6.45, 7) is 1.94. The van der Waals surface area contributed by atoms with E-state index in [4.69, 9.17) is 11.6 Å². The van der Waals surface area contributed by atoms with Crippen molar-refractivity contribution in [2.75, 3.05) is 10.0 Å². The summed E-state index contributed by atoms with van der Waals surface area (Å²) in [5, 5.41) is 11.6. The first kappa shape index (κ1) is 17.2. The Morgan fingerprint density at radius 3 is 2.28 bits per heavy atom. The summed E-state index contributed by atoms with van der Waals surface area (Å²) in [5.74, 6) is 0.616. The maximum atomic E-state index is 12.3. The molecule has 0 bridgehead atoms. The molecule has 8 heteroatoms. The molecule has 0 atom stereocenters. The zero-order valence-corrected chi connectivity index (χ0v) is 14.8. The molecule has 128 valence electrons. The van der Waals surface area contributed by atoms with Gasteiger partial charge in [-0.25, -0.2) is 8.42 Å². The fourth-order valence-corrected chi connectivity index (χ4v) is 3.31. The highest BCUT2D eigenvalue weighted by Gasteiger charge is 2.14. The van der Waals surface area contributed by atoms with Gasteiger partial charge in [0.05, 0.1) is 4.90 Å². The lowest BCUT2D eigenvalue weighted by Crippen LogP contribution is -2.14. The Labute approximate surface area is 150 Å². The first-order valence-electron chi connectivity index (χ1n) is 7.39. The summed E-state index contributed by atoms with van der Waals surface area (Å²) in [6, 6.07) is 16.7. The van der Waals surface area contributed by atoms with Gasteiger partial charge < -0.3 is 5.32 Å². The molecule has 0 aliphatic rings. The summed E-state index contributed by atoms with van der Waals surface area (Å²) >= 11 is 5.99. The molecule has 0 spiro atoms. The Kier molecular flexibility index (Phi) is 4.87. The number of rotatable bonds is 5. The third-order valence-electron chi connectivity index (χ3n) is 3.42. The van der Waals surface area contributed by atoms with Gasteiger partial charge in [0.25, 0.3) is 10.0 Å². The van der Waals surface area contributed by atoms with E-state index in [1.54, 1.807) is 36.4 Å². The van der Waals surface area contributed by atoms with Gasteiger partial charge in [-0.3, -0.25) is 4.72 Å². The van der Waals surface area contributed by atoms with Crippen molar-refractivity contribution in [3.05, 3.63) is 71.2 Å². The van der Waals surface area contributed by atoms with Crippen LogP contribution in [0.3, 0.4) is 0 Å². The standard InChI is InChI=1S/C17H15ClN4O2S/c1-12-7-8-13(18)11-15(12)19-16-9-10-17(21-20-16)22-25(23,24)14-5-3-2-4-6-14/h2-11H,1H3,(H,19,20)(H,21,22). The zero-order chi connectivity index (χ0) is 17.9. The van der Waals surface area contributed by atoms with Crippen molar-refractivity contribution < 1.29 is 8.42 Å². The van der Waals surface area contributed by atoms with E-state index >= 15 is 0 Å². The SMILES string of the molecule is Cc1ccc(Cl)cc1Nc1ccc(NS(=O)(=O)c2ccccc2)nn1. The van der Waals surface area contributed by atoms with Gasteiger partial charge in [-0.2, -0.15) is 0 Å². The minimum Gasteiger partial charge on any atom is -0.338 e. The van der Waals surface area contributed by atoms with Gasteiger partial charge in [0.1, 0.15) is 0 Å². The molecule has 1 heterocycles. The first-order valence-corrected chi connectivity index (χ1v) is 9.25. The number of sulfonamides is 1. The van der Waals surface area contributed by atoms with Crippen LogP contribution in [0.25, 0.3) is 0 Å². The van der Waals surface area contributed by atoms with Gasteiger partial charge in [0, 0.05) is 10.7 Å². The summed E-state index contributed by atoms with van der Waals surface area (Å²) in [4.78, 5) is 0.161. The van der Waals surface area contributed by atoms with E-state index in [2.05, 4.69) is 20.2 Å². The van der Waals surface area contributed by atoms with Crippen LogP contribution in [0, 0.1) is 6.92 Å². The predicted molar refractivity (Wildman–Crippen MR) is 98.8 cm³/mol. The largest absolute Gasteiger partial charge is 0.338 e. The molecule has 0 fully saturated rings. The van der Waals surface area contributed by atoms with E-state index in [0.717, 1.165) is 11.3 Å². The molecule has 25 heavy (non-hydrogen) atoms. The van der Waals surface area contributed by atoms with Crippen LogP contribution >= 0.6 is 11.6 Å². The minimum absolute atomic E-state index is 0.136. The van der Waals surface area contributed by atoms with E-state index in [9.17, 15) is 8.42 Å². The van der Waals surface area contributed by atoms with Crippen molar-refractivity contribution >= 4 is 38.9 Å². The highest BCUT2D eigenvalue weighted by atomic mass is 35.5. The predicted octanol–water partition coefficient (Wildman–Crippen LogP) is 3.98. The lowest BCUT2D eigenvalue weighted by Gasteiger charge is -2.10. The lowest BCUT2D eigenvalue weighted by molar-refractivity contribution is 0.601. The summed E-state index contributed by atoms with van der Waals surface area (Å²) in [5.41, 5.74) is 1.81. The number of hydrogen-bond donors (Lipinski definition) is 2. The second-order valence-corrected chi connectivity index (χ2v) is 7.43. The van der Waals surface area contributed by atoms with Crippen molar-refractivity contribution in [1.29, 1.82) is 0 Å². The highest BCUT2D eigenvalue weighted by Crippen LogP contribution is 2.23. The van der Waals surface area contributed by atoms with Crippen molar-refractivity contribution in [3.8, 4) is 0 Å². The Hall–Kier alpha value is -2.64. The second-order valence-electron chi connectivity index (χ2n) is 5.31. The molecular formula is C17H15ClN4O2S. The van der Waals surface area contributed by atoms with E-state index in [1.165, 1.54) is 18.2 Å². The van der Waals surface area contributed by atoms with E-state index < -0.39 is 10.0 Å². The third-order valence-corrected chi connectivity index (χ3v) is 5.03. The van der Waals surface area contributed by atoms with Crippen LogP contribution in [-0.2, 0) is 10.0 Å². The fourth-order valence-electron chi connectivity index (χ4n) is 2.12. The quantitative estimate of drug-likeness (QED) is 0.705. The monoisotopic (exact) mass is 374 g/mol. The van der Waals surface area contributed by atoms with Gasteiger partial charge in [0.2, 0.25) is 0 Å². The zero-order valence-electron chi connectivity index (χ0n) is 13.3. The molecule has 0 saturated heterocycles. The molecule has 0 aliphatic carbocycles. The van der Waals surface area contributed by atoms with E-state index in [-0.39, 0.29) is 10.7 Å². The van der Waals surface area contributed by atoms with Crippen molar-refractivity contribution in [3.63, 3.8) is 0 Å². The Balaban J connectivity index is 1.75. The number of halogens is 1. The van der Waals surface area contributed by atoms with Crippen LogP contribution in [-0.4, -0.2) is 18.6 Å². The first-order chi connectivity index (χ1) is 11.9. The maximum absolute atomic E-state index is 12.3. The van der Waals surface area contributed by atoms with E-state index in [1.807, 2.05) is 13.0 Å². The molecule has 2 N–H and O–H groups in total. The van der Waals surface area contributed by atoms with Crippen molar-refractivity contribution in [2.24, 2.45) is 0 Å². The Bertz CT molecular complexity index is 977.